The fourth-order valence-corrected chi connectivity index (χ4v) is 2.22. The predicted molar refractivity (Wildman–Crippen MR) is 68.8 cm³/mol. The average molecular weight is 321 g/mol. The molecule has 0 radical (unpaired) electrons. The number of hydrogen-bond donors (Lipinski definition) is 0. The highest BCUT2D eigenvalue weighted by Gasteiger charge is 2.53. The summed E-state index contributed by atoms with van der Waals surface area (Å²) in [6.45, 7) is -0.769. The van der Waals surface area contributed by atoms with E-state index in [1.54, 1.807) is 0 Å². The van der Waals surface area contributed by atoms with Crippen LogP contribution in [0, 0.1) is 24.1 Å². The van der Waals surface area contributed by atoms with Crippen molar-refractivity contribution < 1.29 is 22.4 Å². The van der Waals surface area contributed by atoms with Crippen molar-refractivity contribution in [1.29, 1.82) is 0 Å². The van der Waals surface area contributed by atoms with E-state index in [0.717, 1.165) is 22.2 Å². The van der Waals surface area contributed by atoms with Gasteiger partial charge in [-0.2, -0.15) is 13.2 Å². The Morgan fingerprint density at radius 2 is 2.10 bits per heavy atom. The van der Waals surface area contributed by atoms with E-state index in [1.165, 1.54) is 6.07 Å². The third-order valence-electron chi connectivity index (χ3n) is 3.00. The van der Waals surface area contributed by atoms with Crippen molar-refractivity contribution in [2.45, 2.75) is 6.18 Å². The van der Waals surface area contributed by atoms with Crippen LogP contribution < -0.4 is 5.01 Å². The summed E-state index contributed by atoms with van der Waals surface area (Å²) < 4.78 is 51.7. The van der Waals surface area contributed by atoms with Gasteiger partial charge in [-0.3, -0.25) is 4.79 Å². The molecule has 2 rings (SSSR count). The highest BCUT2D eigenvalue weighted by Crippen LogP contribution is 2.36. The van der Waals surface area contributed by atoms with Crippen molar-refractivity contribution in [3.05, 3.63) is 29.0 Å². The van der Waals surface area contributed by atoms with Crippen molar-refractivity contribution >= 4 is 23.2 Å². The molecule has 0 aliphatic carbocycles. The lowest BCUT2D eigenvalue weighted by Gasteiger charge is -2.26. The van der Waals surface area contributed by atoms with Crippen LogP contribution in [-0.2, 0) is 4.79 Å². The van der Waals surface area contributed by atoms with Crippen LogP contribution in [0.2, 0.25) is 5.02 Å². The van der Waals surface area contributed by atoms with Gasteiger partial charge in [0.1, 0.15) is 11.7 Å². The molecule has 21 heavy (non-hydrogen) atoms. The van der Waals surface area contributed by atoms with Gasteiger partial charge >= 0.3 is 6.18 Å². The number of halogens is 5. The van der Waals surface area contributed by atoms with Gasteiger partial charge in [-0.1, -0.05) is 17.5 Å². The summed E-state index contributed by atoms with van der Waals surface area (Å²) in [4.78, 5) is 12.0. The van der Waals surface area contributed by atoms with E-state index in [-0.39, 0.29) is 17.3 Å². The molecule has 1 amide bonds. The molecule has 0 N–H and O–H groups in total. The molecule has 112 valence electrons. The Morgan fingerprint density at radius 1 is 1.43 bits per heavy atom. The molecule has 1 aromatic rings. The van der Waals surface area contributed by atoms with Crippen molar-refractivity contribution in [3.63, 3.8) is 0 Å². The number of nitrogens with zero attached hydrogens (tertiary/aromatic N) is 2. The molecule has 1 saturated heterocycles. The highest BCUT2D eigenvalue weighted by molar-refractivity contribution is 6.31. The van der Waals surface area contributed by atoms with E-state index in [4.69, 9.17) is 18.0 Å². The second-order valence-corrected chi connectivity index (χ2v) is 4.80. The molecule has 1 aromatic carbocycles. The van der Waals surface area contributed by atoms with Crippen LogP contribution in [0.3, 0.4) is 0 Å². The monoisotopic (exact) mass is 320 g/mol. The maximum Gasteiger partial charge on any atom is 0.401 e. The SMILES string of the molecule is C#CCN1CC(C(F)(F)F)C(=O)N1c1ccc(F)c(Cl)c1. The summed E-state index contributed by atoms with van der Waals surface area (Å²) in [5.41, 5.74) is 0.0356. The van der Waals surface area contributed by atoms with E-state index < -0.39 is 30.4 Å². The van der Waals surface area contributed by atoms with Crippen LogP contribution in [0.1, 0.15) is 0 Å². The molecule has 1 heterocycles. The zero-order valence-corrected chi connectivity index (χ0v) is 11.2. The molecule has 8 heteroatoms. The lowest BCUT2D eigenvalue weighted by Crippen LogP contribution is -2.40. The number of carbonyl (C=O) groups excluding carboxylic acids is 1. The van der Waals surface area contributed by atoms with Crippen molar-refractivity contribution in [2.24, 2.45) is 5.92 Å². The summed E-state index contributed by atoms with van der Waals surface area (Å²) in [6, 6.07) is 3.22. The summed E-state index contributed by atoms with van der Waals surface area (Å²) in [5.74, 6) is -1.89. The standard InChI is InChI=1S/C13H9ClF4N2O/c1-2-5-19-7-9(13(16,17)18)12(21)20(19)8-3-4-11(15)10(14)6-8/h1,3-4,6,9H,5,7H2. The molecule has 1 unspecified atom stereocenters. The Bertz CT molecular complexity index is 611. The highest BCUT2D eigenvalue weighted by atomic mass is 35.5. The van der Waals surface area contributed by atoms with Crippen LogP contribution in [0.4, 0.5) is 23.2 Å². The first-order valence-electron chi connectivity index (χ1n) is 5.79. The Kier molecular flexibility index (Phi) is 4.12. The first-order chi connectivity index (χ1) is 9.75. The lowest BCUT2D eigenvalue weighted by molar-refractivity contribution is -0.175. The smallest absolute Gasteiger partial charge is 0.272 e. The lowest BCUT2D eigenvalue weighted by atomic mass is 10.1. The number of benzene rings is 1. The summed E-state index contributed by atoms with van der Waals surface area (Å²) in [7, 11) is 0. The molecule has 0 saturated carbocycles. The largest absolute Gasteiger partial charge is 0.401 e. The molecule has 1 aliphatic rings. The Morgan fingerprint density at radius 3 is 2.62 bits per heavy atom. The maximum atomic E-state index is 13.1. The van der Waals surface area contributed by atoms with Gasteiger partial charge in [0, 0.05) is 6.54 Å². The molecular formula is C13H9ClF4N2O. The van der Waals surface area contributed by atoms with Gasteiger partial charge in [-0.05, 0) is 18.2 Å². The molecular weight excluding hydrogens is 312 g/mol. The summed E-state index contributed by atoms with van der Waals surface area (Å²) in [6.07, 6.45) is 0.428. The minimum Gasteiger partial charge on any atom is -0.272 e. The molecule has 0 spiro atoms. The van der Waals surface area contributed by atoms with E-state index in [2.05, 4.69) is 5.92 Å². The minimum absolute atomic E-state index is 0.0356. The van der Waals surface area contributed by atoms with Crippen molar-refractivity contribution in [3.8, 4) is 12.3 Å². The Balaban J connectivity index is 2.41. The van der Waals surface area contributed by atoms with Crippen LogP contribution >= 0.6 is 11.6 Å². The van der Waals surface area contributed by atoms with Gasteiger partial charge in [0.05, 0.1) is 17.3 Å². The van der Waals surface area contributed by atoms with Gasteiger partial charge in [0.25, 0.3) is 5.91 Å². The molecule has 1 aliphatic heterocycles. The first-order valence-corrected chi connectivity index (χ1v) is 6.17. The van der Waals surface area contributed by atoms with Crippen LogP contribution in [0.15, 0.2) is 18.2 Å². The predicted octanol–water partition coefficient (Wildman–Crippen LogP) is 2.85. The normalized spacial score (nSPS) is 19.9. The minimum atomic E-state index is -4.68. The van der Waals surface area contributed by atoms with Gasteiger partial charge in [0.15, 0.2) is 0 Å². The number of terminal acetylenes is 1. The number of carbonyl (C=O) groups is 1. The molecule has 0 aromatic heterocycles. The maximum absolute atomic E-state index is 13.1. The van der Waals surface area contributed by atoms with E-state index in [1.807, 2.05) is 0 Å². The fourth-order valence-electron chi connectivity index (χ4n) is 2.05. The number of anilines is 1. The second-order valence-electron chi connectivity index (χ2n) is 4.39. The average Bonchev–Trinajstić information content (AvgIpc) is 2.70. The van der Waals surface area contributed by atoms with Crippen LogP contribution in [0.25, 0.3) is 0 Å². The molecule has 0 bridgehead atoms. The number of hydrazine groups is 1. The molecule has 1 atom stereocenters. The number of amides is 1. The zero-order valence-electron chi connectivity index (χ0n) is 10.5. The number of alkyl halides is 3. The number of rotatable bonds is 2. The van der Waals surface area contributed by atoms with Gasteiger partial charge in [0.2, 0.25) is 0 Å². The van der Waals surface area contributed by atoms with Crippen molar-refractivity contribution in [2.75, 3.05) is 18.1 Å². The first kappa shape index (κ1) is 15.6. The quantitative estimate of drug-likeness (QED) is 0.618. The molecule has 1 fully saturated rings. The Labute approximate surface area is 123 Å². The topological polar surface area (TPSA) is 23.6 Å². The van der Waals surface area contributed by atoms with Crippen molar-refractivity contribution in [1.82, 2.24) is 5.01 Å². The molecule has 3 nitrogen and oxygen atoms in total. The second kappa shape index (κ2) is 5.54. The van der Waals surface area contributed by atoms with E-state index in [0.29, 0.717) is 0 Å². The van der Waals surface area contributed by atoms with E-state index in [9.17, 15) is 22.4 Å². The van der Waals surface area contributed by atoms with Crippen LogP contribution in [-0.4, -0.2) is 30.2 Å². The third kappa shape index (κ3) is 2.96. The Hall–Kier alpha value is -1.78. The zero-order chi connectivity index (χ0) is 15.8. The third-order valence-corrected chi connectivity index (χ3v) is 3.29. The van der Waals surface area contributed by atoms with Gasteiger partial charge < -0.3 is 0 Å². The van der Waals surface area contributed by atoms with Gasteiger partial charge in [-0.25, -0.2) is 14.4 Å². The number of hydrogen-bond acceptors (Lipinski definition) is 2. The summed E-state index contributed by atoms with van der Waals surface area (Å²) >= 11 is 5.60. The van der Waals surface area contributed by atoms with Gasteiger partial charge in [-0.15, -0.1) is 6.42 Å². The van der Waals surface area contributed by atoms with Crippen LogP contribution in [0.5, 0.6) is 0 Å². The van der Waals surface area contributed by atoms with E-state index >= 15 is 0 Å². The summed E-state index contributed by atoms with van der Waals surface area (Å²) in [5, 5.41) is 1.57. The fraction of sp³-hybridized carbons (Fsp3) is 0.308.